The van der Waals surface area contributed by atoms with Gasteiger partial charge < -0.3 is 5.32 Å². The Labute approximate surface area is 138 Å². The van der Waals surface area contributed by atoms with Gasteiger partial charge in [0.2, 0.25) is 0 Å². The number of nitro groups is 1. The molecule has 1 aromatic heterocycles. The van der Waals surface area contributed by atoms with Gasteiger partial charge in [-0.15, -0.1) is 0 Å². The lowest BCUT2D eigenvalue weighted by Gasteiger charge is -2.15. The van der Waals surface area contributed by atoms with Gasteiger partial charge in [-0.05, 0) is 31.2 Å². The number of nitro benzene ring substituents is 1. The molecule has 0 unspecified atom stereocenters. The van der Waals surface area contributed by atoms with Crippen LogP contribution in [0, 0.1) is 10.1 Å². The molecular weight excluding hydrogens is 342 g/mol. The summed E-state index contributed by atoms with van der Waals surface area (Å²) < 4.78 is 23.1. The van der Waals surface area contributed by atoms with Gasteiger partial charge in [0, 0.05) is 18.5 Å². The Bertz CT molecular complexity index is 838. The number of hydrogen-bond donors (Lipinski definition) is 1. The van der Waals surface area contributed by atoms with Crippen molar-refractivity contribution in [2.45, 2.75) is 17.9 Å². The maximum Gasteiger partial charge on any atom is 0.293 e. The number of aromatic nitrogens is 1. The van der Waals surface area contributed by atoms with E-state index in [0.717, 1.165) is 12.3 Å². The molecule has 1 aromatic carbocycles. The van der Waals surface area contributed by atoms with Crippen LogP contribution < -0.4 is 5.32 Å². The summed E-state index contributed by atoms with van der Waals surface area (Å²) in [4.78, 5) is 14.6. The molecule has 0 aliphatic rings. The van der Waals surface area contributed by atoms with Gasteiger partial charge in [-0.2, -0.15) is 0 Å². The van der Waals surface area contributed by atoms with Crippen molar-refractivity contribution in [1.29, 1.82) is 0 Å². The van der Waals surface area contributed by atoms with E-state index < -0.39 is 14.8 Å². The van der Waals surface area contributed by atoms with Crippen LogP contribution in [-0.2, 0) is 9.84 Å². The van der Waals surface area contributed by atoms with Crippen LogP contribution in [0.5, 0.6) is 0 Å². The van der Waals surface area contributed by atoms with Crippen LogP contribution >= 0.6 is 11.6 Å². The van der Waals surface area contributed by atoms with Gasteiger partial charge in [0.15, 0.2) is 9.84 Å². The second-order valence-electron chi connectivity index (χ2n) is 4.98. The summed E-state index contributed by atoms with van der Waals surface area (Å²) in [6, 6.07) is 6.79. The van der Waals surface area contributed by atoms with Gasteiger partial charge in [-0.1, -0.05) is 11.6 Å². The van der Waals surface area contributed by atoms with E-state index in [1.807, 2.05) is 0 Å². The van der Waals surface area contributed by atoms with Crippen LogP contribution in [0.1, 0.15) is 18.7 Å². The molecule has 0 saturated carbocycles. The molecule has 0 radical (unpaired) electrons. The summed E-state index contributed by atoms with van der Waals surface area (Å²) in [6.45, 7) is 1.78. The quantitative estimate of drug-likeness (QED) is 0.652. The van der Waals surface area contributed by atoms with Crippen LogP contribution in [-0.4, -0.2) is 24.6 Å². The Morgan fingerprint density at radius 2 is 2.00 bits per heavy atom. The Balaban J connectivity index is 2.35. The highest BCUT2D eigenvalue weighted by Crippen LogP contribution is 2.30. The molecular formula is C14H14ClN3O4S. The topological polar surface area (TPSA) is 102 Å². The van der Waals surface area contributed by atoms with Gasteiger partial charge in [0.1, 0.15) is 5.69 Å². The molecule has 0 aliphatic carbocycles. The van der Waals surface area contributed by atoms with Crippen molar-refractivity contribution < 1.29 is 13.3 Å². The average molecular weight is 356 g/mol. The third-order valence-electron chi connectivity index (χ3n) is 3.16. The fraction of sp³-hybridized carbons (Fsp3) is 0.214. The van der Waals surface area contributed by atoms with E-state index in [1.165, 1.54) is 18.3 Å². The van der Waals surface area contributed by atoms with E-state index >= 15 is 0 Å². The van der Waals surface area contributed by atoms with Gasteiger partial charge in [-0.3, -0.25) is 15.1 Å². The number of halogens is 1. The van der Waals surface area contributed by atoms with E-state index in [4.69, 9.17) is 11.6 Å². The Hall–Kier alpha value is -2.19. The Kier molecular flexibility index (Phi) is 4.86. The summed E-state index contributed by atoms with van der Waals surface area (Å²) in [7, 11) is -3.52. The molecule has 1 N–H and O–H groups in total. The number of benzene rings is 1. The lowest BCUT2D eigenvalue weighted by Crippen LogP contribution is -2.10. The standard InChI is InChI=1S/C14H14ClN3O4S/c1-9(12-5-3-10(15)8-16-12)17-13-6-4-11(23(2,21)22)7-14(13)18(19)20/h3-9,17H,1-2H3/t9-/m0/s1. The molecule has 9 heteroatoms. The van der Waals surface area contributed by atoms with E-state index in [2.05, 4.69) is 10.3 Å². The van der Waals surface area contributed by atoms with Crippen molar-refractivity contribution in [3.63, 3.8) is 0 Å². The monoisotopic (exact) mass is 355 g/mol. The number of pyridine rings is 1. The van der Waals surface area contributed by atoms with Gasteiger partial charge in [0.25, 0.3) is 5.69 Å². The number of nitrogens with one attached hydrogen (secondary N) is 1. The number of hydrogen-bond acceptors (Lipinski definition) is 6. The van der Waals surface area contributed by atoms with Crippen molar-refractivity contribution in [3.8, 4) is 0 Å². The summed E-state index contributed by atoms with van der Waals surface area (Å²) >= 11 is 5.77. The van der Waals surface area contributed by atoms with Crippen molar-refractivity contribution in [1.82, 2.24) is 4.98 Å². The predicted molar refractivity (Wildman–Crippen MR) is 87.5 cm³/mol. The van der Waals surface area contributed by atoms with Crippen LogP contribution in [0.4, 0.5) is 11.4 Å². The van der Waals surface area contributed by atoms with E-state index in [-0.39, 0.29) is 22.3 Å². The zero-order valence-electron chi connectivity index (χ0n) is 12.4. The first-order valence-electron chi connectivity index (χ1n) is 6.55. The minimum Gasteiger partial charge on any atom is -0.371 e. The van der Waals surface area contributed by atoms with Crippen LogP contribution in [0.25, 0.3) is 0 Å². The molecule has 0 bridgehead atoms. The number of sulfone groups is 1. The highest BCUT2D eigenvalue weighted by molar-refractivity contribution is 7.90. The Morgan fingerprint density at radius 1 is 1.30 bits per heavy atom. The van der Waals surface area contributed by atoms with Crippen LogP contribution in [0.2, 0.25) is 5.02 Å². The lowest BCUT2D eigenvalue weighted by atomic mass is 10.2. The molecule has 0 fully saturated rings. The second kappa shape index (κ2) is 6.51. The minimum atomic E-state index is -3.52. The maximum absolute atomic E-state index is 11.5. The number of nitrogens with zero attached hydrogens (tertiary/aromatic N) is 2. The van der Waals surface area contributed by atoms with Crippen molar-refractivity contribution in [2.24, 2.45) is 0 Å². The molecule has 0 saturated heterocycles. The normalized spacial score (nSPS) is 12.7. The van der Waals surface area contributed by atoms with E-state index in [9.17, 15) is 18.5 Å². The van der Waals surface area contributed by atoms with E-state index in [1.54, 1.807) is 19.1 Å². The zero-order valence-corrected chi connectivity index (χ0v) is 13.9. The molecule has 2 aromatic rings. The first-order chi connectivity index (χ1) is 10.7. The largest absolute Gasteiger partial charge is 0.371 e. The predicted octanol–water partition coefficient (Wildman–Crippen LogP) is 3.22. The highest BCUT2D eigenvalue weighted by Gasteiger charge is 2.20. The number of anilines is 1. The fourth-order valence-electron chi connectivity index (χ4n) is 1.97. The summed E-state index contributed by atoms with van der Waals surface area (Å²) in [5, 5.41) is 14.7. The average Bonchev–Trinajstić information content (AvgIpc) is 2.46. The SMILES string of the molecule is C[C@H](Nc1ccc(S(C)(=O)=O)cc1[N+](=O)[O-])c1ccc(Cl)cn1. The summed E-state index contributed by atoms with van der Waals surface area (Å²) in [5.41, 5.74) is 0.552. The fourth-order valence-corrected chi connectivity index (χ4v) is 2.72. The van der Waals surface area contributed by atoms with Gasteiger partial charge >= 0.3 is 0 Å². The molecule has 0 aliphatic heterocycles. The molecule has 1 atom stereocenters. The van der Waals surface area contributed by atoms with Gasteiger partial charge in [0.05, 0.1) is 26.6 Å². The van der Waals surface area contributed by atoms with Gasteiger partial charge in [-0.25, -0.2) is 8.42 Å². The molecule has 122 valence electrons. The van der Waals surface area contributed by atoms with Crippen LogP contribution in [0.3, 0.4) is 0 Å². The highest BCUT2D eigenvalue weighted by atomic mass is 35.5. The molecule has 1 heterocycles. The Morgan fingerprint density at radius 3 is 2.52 bits per heavy atom. The molecule has 2 rings (SSSR count). The van der Waals surface area contributed by atoms with Crippen molar-refractivity contribution in [2.75, 3.05) is 11.6 Å². The lowest BCUT2D eigenvalue weighted by molar-refractivity contribution is -0.384. The molecule has 0 amide bonds. The van der Waals surface area contributed by atoms with Crippen LogP contribution in [0.15, 0.2) is 41.4 Å². The molecule has 7 nitrogen and oxygen atoms in total. The zero-order chi connectivity index (χ0) is 17.2. The van der Waals surface area contributed by atoms with Crippen molar-refractivity contribution in [3.05, 3.63) is 57.4 Å². The summed E-state index contributed by atoms with van der Waals surface area (Å²) in [6.07, 6.45) is 2.48. The van der Waals surface area contributed by atoms with E-state index in [0.29, 0.717) is 10.7 Å². The van der Waals surface area contributed by atoms with Crippen molar-refractivity contribution >= 4 is 32.8 Å². The number of rotatable bonds is 5. The maximum atomic E-state index is 11.5. The third kappa shape index (κ3) is 4.17. The molecule has 0 spiro atoms. The smallest absolute Gasteiger partial charge is 0.293 e. The first kappa shape index (κ1) is 17.2. The first-order valence-corrected chi connectivity index (χ1v) is 8.82. The molecule has 23 heavy (non-hydrogen) atoms. The second-order valence-corrected chi connectivity index (χ2v) is 7.43. The third-order valence-corrected chi connectivity index (χ3v) is 4.49. The minimum absolute atomic E-state index is 0.105. The summed E-state index contributed by atoms with van der Waals surface area (Å²) in [5.74, 6) is 0.